The van der Waals surface area contributed by atoms with Crippen molar-refractivity contribution in [3.63, 3.8) is 0 Å². The normalized spacial score (nSPS) is 33.5. The lowest BCUT2D eigenvalue weighted by molar-refractivity contribution is -0.347. The average molecular weight is 608 g/mol. The van der Waals surface area contributed by atoms with Crippen molar-refractivity contribution in [2.45, 2.75) is 165 Å². The fourth-order valence-electron chi connectivity index (χ4n) is 5.77. The van der Waals surface area contributed by atoms with E-state index >= 15 is 0 Å². The van der Waals surface area contributed by atoms with Crippen molar-refractivity contribution >= 4 is 5.91 Å². The van der Waals surface area contributed by atoms with Crippen molar-refractivity contribution < 1.29 is 54.8 Å². The summed E-state index contributed by atoms with van der Waals surface area (Å²) in [6, 6.07) is 0. The van der Waals surface area contributed by atoms with Gasteiger partial charge in [-0.3, -0.25) is 4.79 Å². The molecule has 10 unspecified atom stereocenters. The molecule has 2 saturated heterocycles. The van der Waals surface area contributed by atoms with Crippen LogP contribution in [0.2, 0.25) is 0 Å². The van der Waals surface area contributed by atoms with Gasteiger partial charge in [0.15, 0.2) is 12.5 Å². The molecule has 0 radical (unpaired) electrons. The van der Waals surface area contributed by atoms with Gasteiger partial charge in [0.05, 0.1) is 13.2 Å². The minimum absolute atomic E-state index is 0.304. The van der Waals surface area contributed by atoms with E-state index in [2.05, 4.69) is 6.92 Å². The van der Waals surface area contributed by atoms with Gasteiger partial charge in [-0.25, -0.2) is 0 Å². The Labute approximate surface area is 250 Å². The summed E-state index contributed by atoms with van der Waals surface area (Å²) < 4.78 is 16.8. The first kappa shape index (κ1) is 37.3. The molecule has 0 aromatic heterocycles. The van der Waals surface area contributed by atoms with Gasteiger partial charge in [-0.05, 0) is 6.42 Å². The minimum Gasteiger partial charge on any atom is -0.394 e. The van der Waals surface area contributed by atoms with Crippen LogP contribution in [-0.4, -0.2) is 128 Å². The molecule has 2 fully saturated rings. The van der Waals surface area contributed by atoms with Crippen LogP contribution in [0.1, 0.15) is 104 Å². The summed E-state index contributed by atoms with van der Waals surface area (Å²) >= 11 is 0. The standard InChI is InChI=1S/C30H57NO11/c1-3-4-5-6-7-8-9-10-11-12-13-14-15-16-17-31(20(2)34)29-26(38)25(37)28(22(19-33)40-29)42-30-27(39)24(36)23(35)21(18-32)41-30/h21-30,32-33,35-39H,3-19H2,1-2H3. The van der Waals surface area contributed by atoms with E-state index in [1.165, 1.54) is 76.0 Å². The lowest BCUT2D eigenvalue weighted by Crippen LogP contribution is -2.67. The van der Waals surface area contributed by atoms with Crippen LogP contribution in [0.25, 0.3) is 0 Å². The van der Waals surface area contributed by atoms with E-state index in [9.17, 15) is 40.5 Å². The van der Waals surface area contributed by atoms with E-state index < -0.39 is 74.6 Å². The smallest absolute Gasteiger partial charge is 0.221 e. The van der Waals surface area contributed by atoms with E-state index in [-0.39, 0.29) is 5.91 Å². The predicted octanol–water partition coefficient (Wildman–Crippen LogP) is 0.940. The monoisotopic (exact) mass is 607 g/mol. The highest BCUT2D eigenvalue weighted by Gasteiger charge is 2.51. The second-order valence-electron chi connectivity index (χ2n) is 11.8. The maximum absolute atomic E-state index is 12.5. The lowest BCUT2D eigenvalue weighted by Gasteiger charge is -2.48. The van der Waals surface area contributed by atoms with Gasteiger partial charge in [0.2, 0.25) is 5.91 Å². The summed E-state index contributed by atoms with van der Waals surface area (Å²) in [4.78, 5) is 13.8. The van der Waals surface area contributed by atoms with Crippen molar-refractivity contribution in [1.82, 2.24) is 4.90 Å². The van der Waals surface area contributed by atoms with Gasteiger partial charge in [0.25, 0.3) is 0 Å². The molecule has 7 N–H and O–H groups in total. The molecule has 0 spiro atoms. The van der Waals surface area contributed by atoms with Crippen LogP contribution in [0, 0.1) is 0 Å². The van der Waals surface area contributed by atoms with Crippen LogP contribution in [0.4, 0.5) is 0 Å². The Hall–Kier alpha value is -0.930. The van der Waals surface area contributed by atoms with Crippen molar-refractivity contribution in [2.24, 2.45) is 0 Å². The summed E-state index contributed by atoms with van der Waals surface area (Å²) in [6.45, 7) is 2.57. The van der Waals surface area contributed by atoms with Crippen molar-refractivity contribution in [1.29, 1.82) is 0 Å². The Morgan fingerprint density at radius 2 is 1.14 bits per heavy atom. The topological polar surface area (TPSA) is 190 Å². The number of hydrogen-bond acceptors (Lipinski definition) is 11. The molecule has 0 saturated carbocycles. The summed E-state index contributed by atoms with van der Waals surface area (Å²) in [5.41, 5.74) is 0. The quantitative estimate of drug-likeness (QED) is 0.0976. The van der Waals surface area contributed by atoms with Crippen molar-refractivity contribution in [3.05, 3.63) is 0 Å². The zero-order chi connectivity index (χ0) is 31.1. The van der Waals surface area contributed by atoms with Crippen LogP contribution in [0.15, 0.2) is 0 Å². The maximum Gasteiger partial charge on any atom is 0.221 e. The van der Waals surface area contributed by atoms with E-state index in [1.807, 2.05) is 0 Å². The molecule has 12 heteroatoms. The number of hydrogen-bond donors (Lipinski definition) is 7. The van der Waals surface area contributed by atoms with Gasteiger partial charge in [-0.2, -0.15) is 0 Å². The molecule has 248 valence electrons. The first-order valence-electron chi connectivity index (χ1n) is 16.0. The highest BCUT2D eigenvalue weighted by molar-refractivity contribution is 5.73. The number of nitrogens with zero attached hydrogens (tertiary/aromatic N) is 1. The summed E-state index contributed by atoms with van der Waals surface area (Å²) in [7, 11) is 0. The van der Waals surface area contributed by atoms with Crippen molar-refractivity contribution in [2.75, 3.05) is 19.8 Å². The molecule has 1 amide bonds. The molecular formula is C30H57NO11. The number of ether oxygens (including phenoxy) is 3. The average Bonchev–Trinajstić information content (AvgIpc) is 2.98. The van der Waals surface area contributed by atoms with E-state index in [0.29, 0.717) is 13.0 Å². The third-order valence-corrected chi connectivity index (χ3v) is 8.44. The van der Waals surface area contributed by atoms with Crippen LogP contribution in [-0.2, 0) is 19.0 Å². The highest BCUT2D eigenvalue weighted by atomic mass is 16.7. The third-order valence-electron chi connectivity index (χ3n) is 8.44. The van der Waals surface area contributed by atoms with E-state index in [0.717, 1.165) is 19.3 Å². The van der Waals surface area contributed by atoms with Gasteiger partial charge in [0, 0.05) is 13.5 Å². The zero-order valence-electron chi connectivity index (χ0n) is 25.5. The number of carbonyl (C=O) groups excluding carboxylic acids is 1. The molecule has 12 nitrogen and oxygen atoms in total. The highest BCUT2D eigenvalue weighted by Crippen LogP contribution is 2.30. The number of aliphatic hydroxyl groups is 7. The summed E-state index contributed by atoms with van der Waals surface area (Å²) in [6.07, 6.45) is 1.80. The molecule has 0 aliphatic carbocycles. The lowest BCUT2D eigenvalue weighted by atomic mass is 9.96. The van der Waals surface area contributed by atoms with Crippen LogP contribution >= 0.6 is 0 Å². The van der Waals surface area contributed by atoms with Gasteiger partial charge < -0.3 is 54.9 Å². The van der Waals surface area contributed by atoms with Gasteiger partial charge in [-0.1, -0.05) is 90.4 Å². The van der Waals surface area contributed by atoms with Gasteiger partial charge in [0.1, 0.15) is 48.8 Å². The third kappa shape index (κ3) is 11.2. The second-order valence-corrected chi connectivity index (χ2v) is 11.8. The number of carbonyl (C=O) groups is 1. The molecular weight excluding hydrogens is 550 g/mol. The van der Waals surface area contributed by atoms with E-state index in [1.54, 1.807) is 0 Å². The fourth-order valence-corrected chi connectivity index (χ4v) is 5.77. The molecule has 42 heavy (non-hydrogen) atoms. The number of aliphatic hydroxyl groups excluding tert-OH is 7. The predicted molar refractivity (Wildman–Crippen MR) is 154 cm³/mol. The van der Waals surface area contributed by atoms with Crippen LogP contribution in [0.3, 0.4) is 0 Å². The maximum atomic E-state index is 12.5. The molecule has 2 aliphatic rings. The molecule has 0 aromatic rings. The molecule has 0 aromatic carbocycles. The van der Waals surface area contributed by atoms with Crippen LogP contribution < -0.4 is 0 Å². The largest absolute Gasteiger partial charge is 0.394 e. The molecule has 2 rings (SSSR count). The zero-order valence-corrected chi connectivity index (χ0v) is 25.5. The number of rotatable bonds is 20. The summed E-state index contributed by atoms with van der Waals surface area (Å²) in [5, 5.41) is 71.4. The first-order chi connectivity index (χ1) is 20.2. The molecule has 2 heterocycles. The Bertz CT molecular complexity index is 727. The fraction of sp³-hybridized carbons (Fsp3) is 0.967. The Morgan fingerprint density at radius 3 is 1.62 bits per heavy atom. The molecule has 2 aliphatic heterocycles. The first-order valence-corrected chi connectivity index (χ1v) is 16.0. The van der Waals surface area contributed by atoms with Crippen LogP contribution in [0.5, 0.6) is 0 Å². The van der Waals surface area contributed by atoms with Gasteiger partial charge >= 0.3 is 0 Å². The SMILES string of the molecule is CCCCCCCCCCCCCCCCN(C(C)=O)C1OC(CO)C(OC2OC(CO)C(O)C(O)C2O)C(O)C1O. The molecule has 10 atom stereocenters. The Morgan fingerprint density at radius 1 is 0.643 bits per heavy atom. The second kappa shape index (κ2) is 20.2. The Balaban J connectivity index is 1.78. The van der Waals surface area contributed by atoms with Crippen molar-refractivity contribution in [3.8, 4) is 0 Å². The minimum atomic E-state index is -1.74. The number of amides is 1. The van der Waals surface area contributed by atoms with E-state index in [4.69, 9.17) is 14.2 Å². The summed E-state index contributed by atoms with van der Waals surface area (Å²) in [5.74, 6) is -0.356. The molecule has 0 bridgehead atoms. The Kier molecular flexibility index (Phi) is 17.9. The number of unbranched alkanes of at least 4 members (excludes halogenated alkanes) is 13. The van der Waals surface area contributed by atoms with Gasteiger partial charge in [-0.15, -0.1) is 0 Å².